The SMILES string of the molecule is CCC(C)(C)C(=O)OC(C)(C)C1CCC(C)CC1.CCC(C)(C)C(=O)OC12CC3CC(O)(CC(O)(C3)C1)C2.CCC(C)(C)C(=O)OC1C2CC3C1OC(=O)C3(C#N)C2.CCC(C)(C)C(=O)OC1CCCC1=O.CCC(C)(C)C(=O)OCC(=O)OC(C)(C)C12CC3CC(CC(C3)C1)C2.CCC(C)(C)C(=O)OCC(=O)OC(C)(C1CCCCC1)C1CCCCC1. The Bertz CT molecular complexity index is 3650. The Labute approximate surface area is 739 Å². The summed E-state index contributed by atoms with van der Waals surface area (Å²) in [5.74, 6) is 2.36. The predicted octanol–water partition coefficient (Wildman–Crippen LogP) is 20.6. The summed E-state index contributed by atoms with van der Waals surface area (Å²) in [6.45, 7) is 46.4. The molecule has 1 saturated heterocycles. The molecule has 2 N–H and O–H groups in total. The summed E-state index contributed by atoms with van der Waals surface area (Å²) in [6, 6.07) is 2.15. The molecule has 0 aromatic rings. The first-order valence-electron chi connectivity index (χ1n) is 48.2. The van der Waals surface area contributed by atoms with E-state index in [0.717, 1.165) is 101 Å². The Morgan fingerprint density at radius 1 is 0.447 bits per heavy atom. The molecule has 1 aliphatic heterocycles. The Hall–Kier alpha value is -5.69. The van der Waals surface area contributed by atoms with Gasteiger partial charge in [0.15, 0.2) is 30.5 Å². The molecule has 14 aliphatic carbocycles. The maximum absolute atomic E-state index is 12.6. The van der Waals surface area contributed by atoms with Gasteiger partial charge in [-0.25, -0.2) is 9.59 Å². The average molecular weight is 1730 g/mol. The summed E-state index contributed by atoms with van der Waals surface area (Å²) in [4.78, 5) is 121. The van der Waals surface area contributed by atoms with E-state index in [9.17, 15) is 63.4 Å². The number of nitrogens with zero attached hydrogens (tertiary/aromatic N) is 1. The summed E-state index contributed by atoms with van der Waals surface area (Å²) in [7, 11) is 0. The van der Waals surface area contributed by atoms with Crippen molar-refractivity contribution in [2.75, 3.05) is 13.2 Å². The molecule has 8 atom stereocenters. The highest BCUT2D eigenvalue weighted by Gasteiger charge is 2.73. The fourth-order valence-corrected chi connectivity index (χ4v) is 22.8. The second-order valence-electron chi connectivity index (χ2n) is 45.9. The number of Topliss-reactive ketones (excluding diaryl/α,β-unsaturated/α-hetero) is 1. The molecule has 22 heteroatoms. The number of ketones is 1. The molecule has 15 aliphatic rings. The van der Waals surface area contributed by atoms with Crippen molar-refractivity contribution in [3.63, 3.8) is 0 Å². The summed E-state index contributed by atoms with van der Waals surface area (Å²) in [6.07, 6.45) is 34.7. The number of rotatable bonds is 26. The first-order chi connectivity index (χ1) is 57.0. The van der Waals surface area contributed by atoms with Gasteiger partial charge >= 0.3 is 53.7 Å². The molecule has 0 amide bonds. The third-order valence-corrected chi connectivity index (χ3v) is 33.2. The number of carbonyl (C=O) groups is 10. The van der Waals surface area contributed by atoms with Crippen LogP contribution in [-0.4, -0.2) is 135 Å². The van der Waals surface area contributed by atoms with Crippen LogP contribution in [0.4, 0.5) is 0 Å². The third-order valence-electron chi connectivity index (χ3n) is 33.2. The average Bonchev–Trinajstić information content (AvgIpc) is 1.63. The van der Waals surface area contributed by atoms with E-state index in [1.807, 2.05) is 125 Å². The largest absolute Gasteiger partial charge is 0.459 e. The van der Waals surface area contributed by atoms with E-state index in [2.05, 4.69) is 47.6 Å². The van der Waals surface area contributed by atoms with E-state index in [4.69, 9.17) is 42.6 Å². The number of hydrogen-bond donors (Lipinski definition) is 2. The van der Waals surface area contributed by atoms with E-state index in [-0.39, 0.29) is 101 Å². The highest BCUT2D eigenvalue weighted by atomic mass is 16.6. The van der Waals surface area contributed by atoms with Crippen molar-refractivity contribution in [2.24, 2.45) is 102 Å². The van der Waals surface area contributed by atoms with Crippen LogP contribution in [0.5, 0.6) is 0 Å². The molecule has 1 heterocycles. The number of fused-ring (bicyclic) bond motifs is 1. The summed E-state index contributed by atoms with van der Waals surface area (Å²) >= 11 is 0. The lowest BCUT2D eigenvalue weighted by Gasteiger charge is -2.62. The molecule has 14 saturated carbocycles. The molecule has 22 nitrogen and oxygen atoms in total. The zero-order valence-electron chi connectivity index (χ0n) is 80.7. The van der Waals surface area contributed by atoms with Crippen molar-refractivity contribution in [1.29, 1.82) is 5.26 Å². The smallest absolute Gasteiger partial charge is 0.344 e. The molecule has 0 radical (unpaired) electrons. The number of carbonyl (C=O) groups excluding carboxylic acids is 10. The minimum Gasteiger partial charge on any atom is -0.459 e. The lowest BCUT2D eigenvalue weighted by atomic mass is 9.46. The van der Waals surface area contributed by atoms with Crippen molar-refractivity contribution < 1.29 is 101 Å². The van der Waals surface area contributed by atoms with Crippen LogP contribution in [0.2, 0.25) is 0 Å². The van der Waals surface area contributed by atoms with Gasteiger partial charge in [-0.05, 0) is 326 Å². The Balaban J connectivity index is 0.000000185. The summed E-state index contributed by atoms with van der Waals surface area (Å²) in [5, 5.41) is 30.6. The Morgan fingerprint density at radius 3 is 1.29 bits per heavy atom. The van der Waals surface area contributed by atoms with Crippen molar-refractivity contribution in [3.8, 4) is 6.07 Å². The molecule has 15 fully saturated rings. The van der Waals surface area contributed by atoms with Crippen LogP contribution in [0.1, 0.15) is 404 Å². The first-order valence-corrected chi connectivity index (χ1v) is 48.2. The number of ether oxygens (including phenoxy) is 9. The fourth-order valence-electron chi connectivity index (χ4n) is 22.8. The van der Waals surface area contributed by atoms with E-state index in [0.29, 0.717) is 75.5 Å². The van der Waals surface area contributed by atoms with Gasteiger partial charge in [-0.1, -0.05) is 99.8 Å². The first kappa shape index (κ1) is 103. The lowest BCUT2D eigenvalue weighted by Crippen LogP contribution is -2.67. The fraction of sp³-hybridized carbons (Fsp3) is 0.891. The minimum atomic E-state index is -0.974. The highest BCUT2D eigenvalue weighted by molar-refractivity contribution is 5.88. The number of aliphatic hydroxyl groups is 2. The van der Waals surface area contributed by atoms with Crippen molar-refractivity contribution >= 4 is 59.5 Å². The quantitative estimate of drug-likeness (QED) is 0.0600. The van der Waals surface area contributed by atoms with Crippen LogP contribution in [0.15, 0.2) is 0 Å². The van der Waals surface area contributed by atoms with Gasteiger partial charge in [0.25, 0.3) is 0 Å². The molecular formula is C101H165NO21. The number of esters is 9. The van der Waals surface area contributed by atoms with Crippen LogP contribution in [0, 0.1) is 114 Å². The van der Waals surface area contributed by atoms with Crippen molar-refractivity contribution in [1.82, 2.24) is 0 Å². The van der Waals surface area contributed by atoms with Crippen LogP contribution < -0.4 is 0 Å². The van der Waals surface area contributed by atoms with Crippen molar-refractivity contribution in [3.05, 3.63) is 0 Å². The van der Waals surface area contributed by atoms with Gasteiger partial charge in [-0.15, -0.1) is 0 Å². The zero-order valence-corrected chi connectivity index (χ0v) is 80.7. The zero-order chi connectivity index (χ0) is 91.9. The van der Waals surface area contributed by atoms with Crippen LogP contribution in [-0.2, 0) is 90.6 Å². The van der Waals surface area contributed by atoms with E-state index in [1.54, 1.807) is 0 Å². The van der Waals surface area contributed by atoms with Gasteiger partial charge in [-0.3, -0.25) is 38.4 Å². The number of nitriles is 1. The molecular weight excluding hydrogens is 1560 g/mol. The third kappa shape index (κ3) is 24.5. The molecule has 700 valence electrons. The monoisotopic (exact) mass is 1730 g/mol. The Morgan fingerprint density at radius 2 is 0.870 bits per heavy atom. The van der Waals surface area contributed by atoms with Gasteiger partial charge in [-0.2, -0.15) is 5.26 Å². The van der Waals surface area contributed by atoms with E-state index in [1.165, 1.54) is 103 Å². The molecule has 0 aromatic carbocycles. The van der Waals surface area contributed by atoms with E-state index < -0.39 is 84.6 Å². The Kier molecular flexibility index (Phi) is 33.5. The van der Waals surface area contributed by atoms with Gasteiger partial charge in [0.2, 0.25) is 0 Å². The van der Waals surface area contributed by atoms with Gasteiger partial charge in [0.1, 0.15) is 34.6 Å². The molecule has 0 spiro atoms. The summed E-state index contributed by atoms with van der Waals surface area (Å²) in [5.41, 5.74) is -7.40. The van der Waals surface area contributed by atoms with Gasteiger partial charge in [0, 0.05) is 42.9 Å². The maximum Gasteiger partial charge on any atom is 0.344 e. The topological polar surface area (TPSA) is 318 Å². The van der Waals surface area contributed by atoms with Crippen LogP contribution in [0.3, 0.4) is 0 Å². The van der Waals surface area contributed by atoms with Gasteiger partial charge in [0.05, 0.1) is 49.8 Å². The molecule has 15 rings (SSSR count). The molecule has 8 unspecified atom stereocenters. The number of hydrogen-bond acceptors (Lipinski definition) is 22. The van der Waals surface area contributed by atoms with Gasteiger partial charge < -0.3 is 52.8 Å². The summed E-state index contributed by atoms with van der Waals surface area (Å²) < 4.78 is 50.4. The maximum atomic E-state index is 12.6. The predicted molar refractivity (Wildman–Crippen MR) is 469 cm³/mol. The second-order valence-corrected chi connectivity index (χ2v) is 45.9. The molecule has 10 bridgehead atoms. The minimum absolute atomic E-state index is 0.0476. The standard InChI is InChI=1S/C22H38O4.C21H34O4.C16H26O4.C16H30O2.C15H19NO4.C11H18O3/c1-5-21(2,3)20(24)25-16-19(23)26-22(4,17-12-8-6-9-13-17)18-14-10-7-11-15-18;1-6-19(2,3)18(23)24-13-17(22)25-20(4,5)21-10-14-7-15(11-21)9-16(8-14)12-21;1-4-13(2,3)12(17)20-16-7-11-5-14(18,9-16)8-15(19,6-11)10-16;1-7-15(3,4)14(17)18-16(5,6)13-10-8-12(2)9-11-13;1-4-14(2,3)12(17)19-10-8-5-9-11(10)20-13(18)15(9,6-8)7-16;1-4-11(2,3)10(13)14-9-7-5-6-8(9)12/h17-18H,5-16H2,1-4H3;14-16H,6-13H2,1-5H3;11,18-19H,4-10H2,1-3H3;12-13H,7-11H2,1-6H3;8-11H,4-6H2,1-3H3;9H,4-7H2,1-3H3. The normalized spacial score (nSPS) is 31.9. The molecule has 123 heavy (non-hydrogen) atoms. The lowest BCUT2D eigenvalue weighted by molar-refractivity contribution is -0.264. The van der Waals surface area contributed by atoms with E-state index >= 15 is 0 Å². The second kappa shape index (κ2) is 40.1. The molecule has 0 aromatic heterocycles. The van der Waals surface area contributed by atoms with Crippen LogP contribution in [0.25, 0.3) is 0 Å². The van der Waals surface area contributed by atoms with Crippen molar-refractivity contribution in [2.45, 2.75) is 456 Å². The highest BCUT2D eigenvalue weighted by Crippen LogP contribution is 2.66. The van der Waals surface area contributed by atoms with Crippen LogP contribution >= 0.6 is 0 Å².